The van der Waals surface area contributed by atoms with Gasteiger partial charge in [-0.15, -0.1) is 0 Å². The van der Waals surface area contributed by atoms with Crippen molar-refractivity contribution in [2.24, 2.45) is 0 Å². The first-order valence-corrected chi connectivity index (χ1v) is 11.6. The third-order valence-electron chi connectivity index (χ3n) is 2.93. The van der Waals surface area contributed by atoms with Crippen LogP contribution in [0.5, 0.6) is 0 Å². The highest BCUT2D eigenvalue weighted by Crippen LogP contribution is 2.15. The Labute approximate surface area is 142 Å². The number of rotatable bonds is 11. The number of hydrogen-bond donors (Lipinski definition) is 2. The molecule has 0 aliphatic heterocycles. The van der Waals surface area contributed by atoms with E-state index in [1.165, 1.54) is 0 Å². The summed E-state index contributed by atoms with van der Waals surface area (Å²) in [6.45, 7) is 0. The van der Waals surface area contributed by atoms with Crippen molar-refractivity contribution in [3.8, 4) is 0 Å². The standard InChI is InChI=1S/C6H16O3SSi.C5H14O3SSi/c1-7-11(8-2,9-3)6-4-5-10;1-6-10(7-2,8-3)5-4-9/h10H,4-6H2,1-3H3;9H,4-5H2,1-3H3. The normalized spacial score (nSPS) is 12.0. The van der Waals surface area contributed by atoms with Crippen molar-refractivity contribution in [3.63, 3.8) is 0 Å². The molecule has 0 rings (SSSR count). The second-order valence-electron chi connectivity index (χ2n) is 3.89. The van der Waals surface area contributed by atoms with E-state index in [1.54, 1.807) is 42.7 Å². The SMILES string of the molecule is CO[Si](CCCS)(OC)OC.CO[Si](CCS)(OC)OC. The van der Waals surface area contributed by atoms with Crippen molar-refractivity contribution in [1.29, 1.82) is 0 Å². The Balaban J connectivity index is 0. The highest BCUT2D eigenvalue weighted by molar-refractivity contribution is 7.80. The monoisotopic (exact) mass is 378 g/mol. The predicted octanol–water partition coefficient (Wildman–Crippen LogP) is 1.98. The molecule has 0 aliphatic carbocycles. The summed E-state index contributed by atoms with van der Waals surface area (Å²) in [5.74, 6) is 1.56. The first-order valence-electron chi connectivity index (χ1n) is 6.51. The largest absolute Gasteiger partial charge is 0.500 e. The zero-order valence-electron chi connectivity index (χ0n) is 13.9. The zero-order chi connectivity index (χ0) is 16.8. The molecule has 0 fully saturated rings. The molecular formula is C11H30O6S2Si2. The van der Waals surface area contributed by atoms with E-state index in [0.717, 1.165) is 30.0 Å². The Morgan fingerprint density at radius 1 is 0.571 bits per heavy atom. The third-order valence-corrected chi connectivity index (χ3v) is 9.45. The van der Waals surface area contributed by atoms with E-state index in [-0.39, 0.29) is 0 Å². The van der Waals surface area contributed by atoms with E-state index in [4.69, 9.17) is 26.6 Å². The molecule has 0 heterocycles. The van der Waals surface area contributed by atoms with Crippen molar-refractivity contribution in [2.75, 3.05) is 54.2 Å². The minimum absolute atomic E-state index is 0.724. The summed E-state index contributed by atoms with van der Waals surface area (Å²) in [7, 11) is 5.09. The van der Waals surface area contributed by atoms with Crippen LogP contribution in [0.3, 0.4) is 0 Å². The Hall–Kier alpha value is 0.894. The van der Waals surface area contributed by atoms with Crippen LogP contribution in [-0.2, 0) is 26.6 Å². The smallest absolute Gasteiger partial charge is 0.377 e. The van der Waals surface area contributed by atoms with Crippen LogP contribution in [0.1, 0.15) is 6.42 Å². The molecule has 0 amide bonds. The van der Waals surface area contributed by atoms with Gasteiger partial charge < -0.3 is 26.6 Å². The van der Waals surface area contributed by atoms with Crippen LogP contribution in [0.2, 0.25) is 12.1 Å². The van der Waals surface area contributed by atoms with Gasteiger partial charge in [0.1, 0.15) is 0 Å². The summed E-state index contributed by atoms with van der Waals surface area (Å²) >= 11 is 8.18. The maximum Gasteiger partial charge on any atom is 0.500 e. The minimum Gasteiger partial charge on any atom is -0.377 e. The molecule has 6 nitrogen and oxygen atoms in total. The van der Waals surface area contributed by atoms with Crippen LogP contribution in [0.15, 0.2) is 0 Å². The van der Waals surface area contributed by atoms with E-state index in [1.807, 2.05) is 0 Å². The lowest BCUT2D eigenvalue weighted by Crippen LogP contribution is -2.42. The Morgan fingerprint density at radius 3 is 1.10 bits per heavy atom. The molecule has 0 atom stereocenters. The van der Waals surface area contributed by atoms with Gasteiger partial charge in [-0.3, -0.25) is 0 Å². The van der Waals surface area contributed by atoms with Crippen LogP contribution in [0, 0.1) is 0 Å². The molecule has 0 aromatic carbocycles. The molecule has 10 heteroatoms. The van der Waals surface area contributed by atoms with Crippen LogP contribution < -0.4 is 0 Å². The van der Waals surface area contributed by atoms with Crippen molar-refractivity contribution in [3.05, 3.63) is 0 Å². The van der Waals surface area contributed by atoms with Crippen molar-refractivity contribution < 1.29 is 26.6 Å². The topological polar surface area (TPSA) is 55.4 Å². The van der Waals surface area contributed by atoms with Crippen molar-refractivity contribution >= 4 is 42.9 Å². The predicted molar refractivity (Wildman–Crippen MR) is 95.5 cm³/mol. The number of thiol groups is 2. The van der Waals surface area contributed by atoms with Crippen LogP contribution in [0.25, 0.3) is 0 Å². The Bertz CT molecular complexity index is 214. The maximum absolute atomic E-state index is 5.20. The molecule has 0 aromatic rings. The van der Waals surface area contributed by atoms with E-state index in [2.05, 4.69) is 25.3 Å². The first kappa shape index (κ1) is 24.2. The maximum atomic E-state index is 5.20. The van der Waals surface area contributed by atoms with Gasteiger partial charge in [0.15, 0.2) is 0 Å². The average molecular weight is 379 g/mol. The van der Waals surface area contributed by atoms with Gasteiger partial charge in [-0.2, -0.15) is 25.3 Å². The molecule has 0 aromatic heterocycles. The molecule has 0 saturated heterocycles. The molecule has 21 heavy (non-hydrogen) atoms. The van der Waals surface area contributed by atoms with Gasteiger partial charge in [-0.25, -0.2) is 0 Å². The van der Waals surface area contributed by atoms with E-state index >= 15 is 0 Å². The van der Waals surface area contributed by atoms with E-state index in [9.17, 15) is 0 Å². The lowest BCUT2D eigenvalue weighted by molar-refractivity contribution is 0.123. The quantitative estimate of drug-likeness (QED) is 0.423. The summed E-state index contributed by atoms with van der Waals surface area (Å²) < 4.78 is 31.0. The second-order valence-corrected chi connectivity index (χ2v) is 11.0. The molecule has 0 spiro atoms. The molecule has 130 valence electrons. The van der Waals surface area contributed by atoms with Crippen LogP contribution in [0.4, 0.5) is 0 Å². The zero-order valence-corrected chi connectivity index (χ0v) is 17.7. The van der Waals surface area contributed by atoms with Gasteiger partial charge >= 0.3 is 17.6 Å². The lowest BCUT2D eigenvalue weighted by atomic mass is 10.6. The van der Waals surface area contributed by atoms with Gasteiger partial charge in [-0.1, -0.05) is 0 Å². The fraction of sp³-hybridized carbons (Fsp3) is 1.00. The van der Waals surface area contributed by atoms with Gasteiger partial charge in [0.25, 0.3) is 0 Å². The van der Waals surface area contributed by atoms with Gasteiger partial charge in [0, 0.05) is 54.7 Å². The Morgan fingerprint density at radius 2 is 0.905 bits per heavy atom. The lowest BCUT2D eigenvalue weighted by Gasteiger charge is -2.23. The van der Waals surface area contributed by atoms with Crippen molar-refractivity contribution in [1.82, 2.24) is 0 Å². The van der Waals surface area contributed by atoms with Crippen LogP contribution >= 0.6 is 25.3 Å². The highest BCUT2D eigenvalue weighted by Gasteiger charge is 2.37. The Kier molecular flexibility index (Phi) is 16.7. The van der Waals surface area contributed by atoms with Gasteiger partial charge in [-0.05, 0) is 17.9 Å². The van der Waals surface area contributed by atoms with Gasteiger partial charge in [0.05, 0.1) is 0 Å². The molecule has 0 N–H and O–H groups in total. The minimum atomic E-state index is -2.29. The highest BCUT2D eigenvalue weighted by atomic mass is 32.1. The van der Waals surface area contributed by atoms with E-state index < -0.39 is 17.6 Å². The molecule has 0 bridgehead atoms. The molecule has 0 aliphatic rings. The van der Waals surface area contributed by atoms with Crippen LogP contribution in [-0.4, -0.2) is 71.8 Å². The summed E-state index contributed by atoms with van der Waals surface area (Å²) in [5.41, 5.74) is 0. The third kappa shape index (κ3) is 9.59. The van der Waals surface area contributed by atoms with E-state index in [0.29, 0.717) is 0 Å². The fourth-order valence-corrected chi connectivity index (χ4v) is 5.93. The van der Waals surface area contributed by atoms with Crippen molar-refractivity contribution in [2.45, 2.75) is 18.5 Å². The summed E-state index contributed by atoms with van der Waals surface area (Å²) in [5, 5.41) is 0. The summed E-state index contributed by atoms with van der Waals surface area (Å²) in [6, 6.07) is 1.58. The molecule has 0 radical (unpaired) electrons. The fourth-order valence-electron chi connectivity index (χ4n) is 1.54. The summed E-state index contributed by atoms with van der Waals surface area (Å²) in [6.07, 6.45) is 0.963. The first-order chi connectivity index (χ1) is 9.99. The summed E-state index contributed by atoms with van der Waals surface area (Å²) in [4.78, 5) is 0. The number of hydrogen-bond acceptors (Lipinski definition) is 8. The second kappa shape index (κ2) is 14.5. The average Bonchev–Trinajstić information content (AvgIpc) is 2.55. The molecular weight excluding hydrogens is 348 g/mol. The molecule has 0 unspecified atom stereocenters. The molecule has 0 saturated carbocycles. The van der Waals surface area contributed by atoms with Gasteiger partial charge in [0.2, 0.25) is 0 Å².